The van der Waals surface area contributed by atoms with Crippen molar-refractivity contribution in [2.24, 2.45) is 0 Å². The molecule has 0 bridgehead atoms. The zero-order valence-electron chi connectivity index (χ0n) is 13.6. The highest BCUT2D eigenvalue weighted by atomic mass is 19.4. The van der Waals surface area contributed by atoms with Crippen LogP contribution < -0.4 is 0 Å². The minimum Gasteiger partial charge on any atom is -0.342 e. The molecular weight excluding hydrogens is 359 g/mol. The lowest BCUT2D eigenvalue weighted by Gasteiger charge is -2.11. The van der Waals surface area contributed by atoms with Crippen LogP contribution in [0, 0.1) is 11.3 Å². The summed E-state index contributed by atoms with van der Waals surface area (Å²) in [5, 5.41) is 12.4. The van der Waals surface area contributed by atoms with Crippen LogP contribution in [0.25, 0.3) is 22.8 Å². The predicted octanol–water partition coefficient (Wildman–Crippen LogP) is 3.98. The van der Waals surface area contributed by atoms with Gasteiger partial charge in [-0.3, -0.25) is 0 Å². The van der Waals surface area contributed by atoms with Crippen LogP contribution in [0.15, 0.2) is 53.2 Å². The van der Waals surface area contributed by atoms with E-state index in [2.05, 4.69) is 19.6 Å². The summed E-state index contributed by atoms with van der Waals surface area (Å²) in [5.41, 5.74) is 3.22. The van der Waals surface area contributed by atoms with Gasteiger partial charge in [0, 0.05) is 24.4 Å². The Morgan fingerprint density at radius 2 is 1.89 bits per heavy atom. The normalized spacial score (nSPS) is 11.6. The van der Waals surface area contributed by atoms with Gasteiger partial charge in [0.2, 0.25) is 5.82 Å². The highest BCUT2D eigenvalue weighted by Gasteiger charge is 2.38. The molecule has 0 unspecified atom stereocenters. The molecule has 0 radical (unpaired) electrons. The Bertz CT molecular complexity index is 1110. The van der Waals surface area contributed by atoms with Gasteiger partial charge in [0.1, 0.15) is 11.8 Å². The molecule has 134 valence electrons. The summed E-state index contributed by atoms with van der Waals surface area (Å²) in [6, 6.07) is 14.2. The highest BCUT2D eigenvalue weighted by molar-refractivity contribution is 5.61. The van der Waals surface area contributed by atoms with Crippen LogP contribution in [0.1, 0.15) is 17.1 Å². The molecule has 0 aliphatic carbocycles. The van der Waals surface area contributed by atoms with Crippen molar-refractivity contribution in [3.05, 3.63) is 65.8 Å². The second-order valence-corrected chi connectivity index (χ2v) is 5.78. The first-order valence-electron chi connectivity index (χ1n) is 7.80. The van der Waals surface area contributed by atoms with Crippen LogP contribution in [0.3, 0.4) is 0 Å². The maximum atomic E-state index is 12.6. The number of aromatic nitrogens is 4. The summed E-state index contributed by atoms with van der Waals surface area (Å²) in [6.07, 6.45) is -2.80. The molecule has 4 rings (SSSR count). The summed E-state index contributed by atoms with van der Waals surface area (Å²) in [5.74, 6) is -1.50. The van der Waals surface area contributed by atoms with Gasteiger partial charge in [0.25, 0.3) is 0 Å². The zero-order valence-corrected chi connectivity index (χ0v) is 13.6. The Balaban J connectivity index is 1.58. The fourth-order valence-corrected chi connectivity index (χ4v) is 2.70. The Hall–Kier alpha value is -3.67. The first-order valence-corrected chi connectivity index (χ1v) is 7.80. The third-order valence-electron chi connectivity index (χ3n) is 3.95. The van der Waals surface area contributed by atoms with E-state index in [1.807, 2.05) is 29.0 Å². The van der Waals surface area contributed by atoms with E-state index in [-0.39, 0.29) is 5.82 Å². The SMILES string of the molecule is N#Cc1cc2n(Cc3ccc(-c4noc(C(F)(F)F)n4)cc3)cccc-2n1. The molecular formula is C18H10F3N5O. The molecule has 0 N–H and O–H groups in total. The Labute approximate surface area is 150 Å². The highest BCUT2D eigenvalue weighted by Crippen LogP contribution is 2.29. The van der Waals surface area contributed by atoms with E-state index in [9.17, 15) is 13.2 Å². The number of nitrogens with zero attached hydrogens (tertiary/aromatic N) is 5. The zero-order chi connectivity index (χ0) is 19.0. The predicted molar refractivity (Wildman–Crippen MR) is 87.4 cm³/mol. The van der Waals surface area contributed by atoms with Crippen LogP contribution >= 0.6 is 0 Å². The minimum atomic E-state index is -4.67. The summed E-state index contributed by atoms with van der Waals surface area (Å²) in [6.45, 7) is 0.508. The summed E-state index contributed by atoms with van der Waals surface area (Å²) in [7, 11) is 0. The number of hydrogen-bond acceptors (Lipinski definition) is 5. The van der Waals surface area contributed by atoms with Gasteiger partial charge in [0.05, 0.1) is 11.4 Å². The van der Waals surface area contributed by atoms with E-state index in [0.29, 0.717) is 17.8 Å². The maximum Gasteiger partial charge on any atom is 0.471 e. The molecule has 2 aromatic rings. The van der Waals surface area contributed by atoms with E-state index in [4.69, 9.17) is 5.26 Å². The molecule has 2 aliphatic rings. The lowest BCUT2D eigenvalue weighted by Crippen LogP contribution is -2.05. The van der Waals surface area contributed by atoms with Gasteiger partial charge in [-0.1, -0.05) is 29.4 Å². The molecule has 2 aliphatic heterocycles. The van der Waals surface area contributed by atoms with Crippen LogP contribution in [0.2, 0.25) is 0 Å². The molecule has 0 saturated carbocycles. The Morgan fingerprint density at radius 1 is 1.11 bits per heavy atom. The van der Waals surface area contributed by atoms with Crippen LogP contribution in [0.5, 0.6) is 0 Å². The molecule has 27 heavy (non-hydrogen) atoms. The van der Waals surface area contributed by atoms with Crippen LogP contribution in [0.4, 0.5) is 13.2 Å². The van der Waals surface area contributed by atoms with Crippen molar-refractivity contribution in [1.29, 1.82) is 5.26 Å². The number of hydrogen-bond donors (Lipinski definition) is 0. The summed E-state index contributed by atoms with van der Waals surface area (Å²) < 4.78 is 43.8. The smallest absolute Gasteiger partial charge is 0.342 e. The Kier molecular flexibility index (Phi) is 3.88. The fraction of sp³-hybridized carbons (Fsp3) is 0.111. The molecule has 1 aromatic heterocycles. The minimum absolute atomic E-state index is 0.123. The van der Waals surface area contributed by atoms with Gasteiger partial charge >= 0.3 is 12.1 Å². The topological polar surface area (TPSA) is 80.5 Å². The molecule has 0 saturated heterocycles. The third-order valence-corrected chi connectivity index (χ3v) is 3.95. The Morgan fingerprint density at radius 3 is 2.56 bits per heavy atom. The first-order chi connectivity index (χ1) is 12.9. The molecule has 3 heterocycles. The van der Waals surface area contributed by atoms with Crippen molar-refractivity contribution >= 4 is 0 Å². The van der Waals surface area contributed by atoms with E-state index in [1.54, 1.807) is 30.3 Å². The van der Waals surface area contributed by atoms with Gasteiger partial charge in [-0.15, -0.1) is 0 Å². The summed E-state index contributed by atoms with van der Waals surface area (Å²) >= 11 is 0. The van der Waals surface area contributed by atoms with E-state index in [1.165, 1.54) is 0 Å². The molecule has 1 aromatic carbocycles. The van der Waals surface area contributed by atoms with Gasteiger partial charge in [-0.25, -0.2) is 4.98 Å². The van der Waals surface area contributed by atoms with Gasteiger partial charge in [-0.05, 0) is 17.7 Å². The lowest BCUT2D eigenvalue weighted by atomic mass is 10.1. The van der Waals surface area contributed by atoms with Crippen LogP contribution in [-0.2, 0) is 12.7 Å². The third kappa shape index (κ3) is 3.25. The van der Waals surface area contributed by atoms with Gasteiger partial charge in [0.15, 0.2) is 0 Å². The number of halogens is 3. The fourth-order valence-electron chi connectivity index (χ4n) is 2.70. The first kappa shape index (κ1) is 16.8. The number of benzene rings is 1. The quantitative estimate of drug-likeness (QED) is 0.546. The second kappa shape index (κ2) is 6.25. The van der Waals surface area contributed by atoms with Crippen molar-refractivity contribution in [2.45, 2.75) is 12.7 Å². The van der Waals surface area contributed by atoms with Crippen LogP contribution in [-0.4, -0.2) is 19.7 Å². The van der Waals surface area contributed by atoms with Crippen molar-refractivity contribution in [3.63, 3.8) is 0 Å². The molecule has 9 heteroatoms. The second-order valence-electron chi connectivity index (χ2n) is 5.78. The van der Waals surface area contributed by atoms with Crippen molar-refractivity contribution < 1.29 is 17.7 Å². The molecule has 0 atom stereocenters. The number of rotatable bonds is 3. The van der Waals surface area contributed by atoms with E-state index in [0.717, 1.165) is 17.0 Å². The number of alkyl halides is 3. The number of fused-ring (bicyclic) bond motifs is 1. The van der Waals surface area contributed by atoms with E-state index < -0.39 is 12.1 Å². The average Bonchev–Trinajstić information content (AvgIpc) is 3.29. The molecule has 0 spiro atoms. The number of nitriles is 1. The van der Waals surface area contributed by atoms with Crippen molar-refractivity contribution in [1.82, 2.24) is 19.7 Å². The van der Waals surface area contributed by atoms with Gasteiger partial charge < -0.3 is 9.09 Å². The maximum absolute atomic E-state index is 12.6. The number of pyridine rings is 1. The molecule has 0 fully saturated rings. The molecule has 0 amide bonds. The monoisotopic (exact) mass is 369 g/mol. The van der Waals surface area contributed by atoms with Crippen molar-refractivity contribution in [3.8, 4) is 28.8 Å². The summed E-state index contributed by atoms with van der Waals surface area (Å²) in [4.78, 5) is 7.58. The largest absolute Gasteiger partial charge is 0.471 e. The average molecular weight is 369 g/mol. The lowest BCUT2D eigenvalue weighted by molar-refractivity contribution is -0.159. The van der Waals surface area contributed by atoms with Crippen molar-refractivity contribution in [2.75, 3.05) is 0 Å². The molecule has 6 nitrogen and oxygen atoms in total. The van der Waals surface area contributed by atoms with Gasteiger partial charge in [-0.2, -0.15) is 23.4 Å². The van der Waals surface area contributed by atoms with E-state index >= 15 is 0 Å². The standard InChI is InChI=1S/C18H10F3N5O/c19-18(20,21)17-24-16(25-27-17)12-5-3-11(4-6-12)10-26-7-1-2-14-15(26)8-13(9-22)23-14/h1-8H,10H2.